The first-order valence-corrected chi connectivity index (χ1v) is 15.5. The van der Waals surface area contributed by atoms with Crippen LogP contribution in [0.4, 0.5) is 8.78 Å². The van der Waals surface area contributed by atoms with E-state index < -0.39 is 31.4 Å². The Bertz CT molecular complexity index is 305. The first-order chi connectivity index (χ1) is 10.1. The molecule has 0 saturated carbocycles. The SMILES string of the molecule is CCC[CH2][SnH]([CH2]CCC)[CH2]CCC.Fc1cccc(F)c1. The summed E-state index contributed by atoms with van der Waals surface area (Å²) in [4.78, 5) is 0. The zero-order valence-corrected chi connectivity index (χ0v) is 17.3. The Balaban J connectivity index is 0.000000423. The number of benzene rings is 1. The second-order valence-corrected chi connectivity index (χ2v) is 15.6. The van der Waals surface area contributed by atoms with Gasteiger partial charge in [0.15, 0.2) is 0 Å². The van der Waals surface area contributed by atoms with Crippen molar-refractivity contribution in [1.82, 2.24) is 0 Å². The molecule has 0 nitrogen and oxygen atoms in total. The molecule has 1 aromatic carbocycles. The molecule has 122 valence electrons. The average molecular weight is 405 g/mol. The van der Waals surface area contributed by atoms with Crippen molar-refractivity contribution in [1.29, 1.82) is 0 Å². The normalized spacial score (nSPS) is 10.4. The predicted octanol–water partition coefficient (Wildman–Crippen LogP) is 6.58. The van der Waals surface area contributed by atoms with Gasteiger partial charge in [-0.15, -0.1) is 0 Å². The maximum Gasteiger partial charge on any atom is 0.126 e. The molecular formula is C18H32F2Sn. The largest absolute Gasteiger partial charge is 0.207 e. The molecule has 0 bridgehead atoms. The van der Waals surface area contributed by atoms with Crippen molar-refractivity contribution in [3.05, 3.63) is 35.9 Å². The molecule has 0 heterocycles. The van der Waals surface area contributed by atoms with Crippen molar-refractivity contribution in [2.75, 3.05) is 0 Å². The van der Waals surface area contributed by atoms with E-state index >= 15 is 0 Å². The maximum atomic E-state index is 11.9. The fraction of sp³-hybridized carbons (Fsp3) is 0.667. The van der Waals surface area contributed by atoms with Gasteiger partial charge in [0, 0.05) is 6.07 Å². The monoisotopic (exact) mass is 406 g/mol. The molecule has 0 fully saturated rings. The van der Waals surface area contributed by atoms with Gasteiger partial charge in [-0.05, 0) is 12.1 Å². The van der Waals surface area contributed by atoms with Gasteiger partial charge in [-0.3, -0.25) is 0 Å². The molecule has 0 N–H and O–H groups in total. The summed E-state index contributed by atoms with van der Waals surface area (Å²) < 4.78 is 28.9. The topological polar surface area (TPSA) is 0 Å². The smallest absolute Gasteiger partial charge is 0.126 e. The van der Waals surface area contributed by atoms with Gasteiger partial charge < -0.3 is 0 Å². The van der Waals surface area contributed by atoms with E-state index in [-0.39, 0.29) is 0 Å². The molecule has 0 aliphatic carbocycles. The van der Waals surface area contributed by atoms with Crippen molar-refractivity contribution in [2.45, 2.75) is 72.6 Å². The average Bonchev–Trinajstić information content (AvgIpc) is 2.47. The van der Waals surface area contributed by atoms with Crippen molar-refractivity contribution in [2.24, 2.45) is 0 Å². The Labute approximate surface area is 137 Å². The van der Waals surface area contributed by atoms with Crippen LogP contribution in [0.25, 0.3) is 0 Å². The van der Waals surface area contributed by atoms with Crippen LogP contribution in [0.15, 0.2) is 24.3 Å². The van der Waals surface area contributed by atoms with E-state index in [1.165, 1.54) is 56.7 Å². The van der Waals surface area contributed by atoms with Crippen molar-refractivity contribution in [3.8, 4) is 0 Å². The van der Waals surface area contributed by atoms with Gasteiger partial charge in [0.2, 0.25) is 0 Å². The van der Waals surface area contributed by atoms with Crippen LogP contribution in [0.3, 0.4) is 0 Å². The number of hydrogen-bond acceptors (Lipinski definition) is 0. The summed E-state index contributed by atoms with van der Waals surface area (Å²) in [5.41, 5.74) is 0. The predicted molar refractivity (Wildman–Crippen MR) is 92.7 cm³/mol. The molecule has 0 spiro atoms. The molecule has 0 atom stereocenters. The number of rotatable bonds is 9. The summed E-state index contributed by atoms with van der Waals surface area (Å²) >= 11 is -0.967. The minimum Gasteiger partial charge on any atom is -0.207 e. The van der Waals surface area contributed by atoms with Crippen LogP contribution < -0.4 is 0 Å². The Morgan fingerprint density at radius 3 is 1.38 bits per heavy atom. The molecule has 0 aromatic heterocycles. The molecule has 3 heteroatoms. The molecule has 0 aliphatic rings. The summed E-state index contributed by atoms with van der Waals surface area (Å²) in [5, 5.41) is 0. The van der Waals surface area contributed by atoms with Crippen LogP contribution in [0.5, 0.6) is 0 Å². The quantitative estimate of drug-likeness (QED) is 0.407. The molecule has 0 unspecified atom stereocenters. The fourth-order valence-corrected chi connectivity index (χ4v) is 13.3. The van der Waals surface area contributed by atoms with Gasteiger partial charge >= 0.3 is 92.4 Å². The Hall–Kier alpha value is -0.121. The zero-order valence-electron chi connectivity index (χ0n) is 14.0. The third kappa shape index (κ3) is 13.3. The van der Waals surface area contributed by atoms with Gasteiger partial charge in [-0.25, -0.2) is 8.78 Å². The summed E-state index contributed by atoms with van der Waals surface area (Å²) in [7, 11) is 0. The van der Waals surface area contributed by atoms with E-state index in [1.54, 1.807) is 13.3 Å². The van der Waals surface area contributed by atoms with Crippen LogP contribution in [0.2, 0.25) is 13.3 Å². The van der Waals surface area contributed by atoms with Gasteiger partial charge in [0.25, 0.3) is 0 Å². The Morgan fingerprint density at radius 2 is 1.14 bits per heavy atom. The van der Waals surface area contributed by atoms with Crippen LogP contribution in [0.1, 0.15) is 59.3 Å². The Kier molecular flexibility index (Phi) is 14.7. The van der Waals surface area contributed by atoms with E-state index in [4.69, 9.17) is 0 Å². The van der Waals surface area contributed by atoms with Crippen molar-refractivity contribution < 1.29 is 8.78 Å². The molecule has 0 saturated heterocycles. The number of unbranched alkanes of at least 4 members (excludes halogenated alkanes) is 3. The van der Waals surface area contributed by atoms with Crippen LogP contribution in [-0.2, 0) is 0 Å². The van der Waals surface area contributed by atoms with Crippen LogP contribution in [0, 0.1) is 11.6 Å². The van der Waals surface area contributed by atoms with Gasteiger partial charge in [0.05, 0.1) is 0 Å². The van der Waals surface area contributed by atoms with E-state index in [0.29, 0.717) is 0 Å². The number of hydrogen-bond donors (Lipinski definition) is 0. The molecular weight excluding hydrogens is 373 g/mol. The Morgan fingerprint density at radius 1 is 0.762 bits per heavy atom. The summed E-state index contributed by atoms with van der Waals surface area (Å²) in [6, 6.07) is 4.55. The van der Waals surface area contributed by atoms with Crippen molar-refractivity contribution in [3.63, 3.8) is 0 Å². The standard InChI is InChI=1S/C6H4F2.3C4H9.Sn.H/c7-5-2-1-3-6(8)4-5;3*1-3-4-2;;/h1-4H;3*1,3-4H2,2H3;;. The zero-order chi connectivity index (χ0) is 15.9. The molecule has 1 aromatic rings. The molecule has 0 radical (unpaired) electrons. The third-order valence-electron chi connectivity index (χ3n) is 3.68. The van der Waals surface area contributed by atoms with Crippen LogP contribution in [-0.4, -0.2) is 19.8 Å². The second kappa shape index (κ2) is 14.8. The molecule has 0 amide bonds. The summed E-state index contributed by atoms with van der Waals surface area (Å²) in [5.74, 6) is -1.07. The summed E-state index contributed by atoms with van der Waals surface area (Å²) in [6.07, 6.45) is 8.87. The van der Waals surface area contributed by atoms with E-state index in [1.807, 2.05) is 0 Å². The fourth-order valence-electron chi connectivity index (χ4n) is 2.37. The van der Waals surface area contributed by atoms with E-state index in [2.05, 4.69) is 20.8 Å². The number of halogens is 2. The van der Waals surface area contributed by atoms with Crippen LogP contribution >= 0.6 is 0 Å². The maximum absolute atomic E-state index is 11.9. The summed E-state index contributed by atoms with van der Waals surface area (Å²) in [6.45, 7) is 7.01. The van der Waals surface area contributed by atoms with Gasteiger partial charge in [0.1, 0.15) is 11.6 Å². The molecule has 1 rings (SSSR count). The third-order valence-corrected chi connectivity index (χ3v) is 14.2. The van der Waals surface area contributed by atoms with E-state index in [9.17, 15) is 8.78 Å². The first-order valence-electron chi connectivity index (χ1n) is 8.55. The molecule has 0 aliphatic heterocycles. The van der Waals surface area contributed by atoms with E-state index in [0.717, 1.165) is 6.07 Å². The minimum absolute atomic E-state index is 0.537. The van der Waals surface area contributed by atoms with Crippen molar-refractivity contribution >= 4 is 19.8 Å². The minimum atomic E-state index is -0.967. The molecule has 21 heavy (non-hydrogen) atoms. The van der Waals surface area contributed by atoms with Gasteiger partial charge in [-0.1, -0.05) is 6.07 Å². The first kappa shape index (κ1) is 20.9. The van der Waals surface area contributed by atoms with Gasteiger partial charge in [-0.2, -0.15) is 0 Å². The second-order valence-electron chi connectivity index (χ2n) is 5.73.